The number of aryl methyl sites for hydroxylation is 1. The van der Waals surface area contributed by atoms with Crippen molar-refractivity contribution in [3.63, 3.8) is 0 Å². The number of nitrogens with zero attached hydrogens (tertiary/aromatic N) is 2. The quantitative estimate of drug-likeness (QED) is 0.939. The molecule has 1 atom stereocenters. The van der Waals surface area contributed by atoms with Crippen LogP contribution in [0.5, 0.6) is 0 Å². The van der Waals surface area contributed by atoms with E-state index in [0.29, 0.717) is 16.5 Å². The molecule has 0 aliphatic carbocycles. The van der Waals surface area contributed by atoms with Crippen molar-refractivity contribution in [1.29, 1.82) is 0 Å². The van der Waals surface area contributed by atoms with Gasteiger partial charge in [0.15, 0.2) is 0 Å². The lowest BCUT2D eigenvalue weighted by atomic mass is 10.1. The van der Waals surface area contributed by atoms with Crippen molar-refractivity contribution < 1.29 is 0 Å². The average molecular weight is 310 g/mol. The summed E-state index contributed by atoms with van der Waals surface area (Å²) in [7, 11) is 0. The molecule has 1 unspecified atom stereocenters. The third-order valence-corrected chi connectivity index (χ3v) is 3.44. The van der Waals surface area contributed by atoms with Gasteiger partial charge in [0, 0.05) is 40.3 Å². The van der Waals surface area contributed by atoms with Gasteiger partial charge in [-0.05, 0) is 37.6 Å². The molecule has 2 aromatic rings. The highest BCUT2D eigenvalue weighted by Crippen LogP contribution is 2.22. The molecule has 0 spiro atoms. The van der Waals surface area contributed by atoms with Crippen LogP contribution < -0.4 is 5.73 Å². The van der Waals surface area contributed by atoms with Crippen LogP contribution in [-0.2, 0) is 12.8 Å². The fourth-order valence-electron chi connectivity index (χ4n) is 2.05. The molecule has 0 bridgehead atoms. The van der Waals surface area contributed by atoms with E-state index in [1.807, 2.05) is 32.0 Å². The van der Waals surface area contributed by atoms with Crippen molar-refractivity contribution in [3.05, 3.63) is 57.1 Å². The van der Waals surface area contributed by atoms with E-state index in [1.165, 1.54) is 0 Å². The Balaban J connectivity index is 2.26. The number of aromatic nitrogens is 2. The predicted octanol–water partition coefficient (Wildman–Crippen LogP) is 3.57. The van der Waals surface area contributed by atoms with Gasteiger partial charge in [0.25, 0.3) is 0 Å². The second kappa shape index (κ2) is 6.53. The summed E-state index contributed by atoms with van der Waals surface area (Å²) in [5.74, 6) is 0.755. The van der Waals surface area contributed by atoms with E-state index in [0.717, 1.165) is 29.2 Å². The van der Waals surface area contributed by atoms with Gasteiger partial charge in [-0.3, -0.25) is 0 Å². The topological polar surface area (TPSA) is 51.8 Å². The van der Waals surface area contributed by atoms with E-state index < -0.39 is 0 Å². The maximum atomic E-state index is 6.18. The van der Waals surface area contributed by atoms with Crippen molar-refractivity contribution in [1.82, 2.24) is 9.97 Å². The second-order valence-corrected chi connectivity index (χ2v) is 5.85. The Kier molecular flexibility index (Phi) is 4.97. The van der Waals surface area contributed by atoms with Crippen molar-refractivity contribution in [2.45, 2.75) is 32.7 Å². The maximum Gasteiger partial charge on any atom is 0.133 e. The first-order valence-electron chi connectivity index (χ1n) is 6.47. The molecule has 0 saturated carbocycles. The van der Waals surface area contributed by atoms with E-state index >= 15 is 0 Å². The van der Waals surface area contributed by atoms with Gasteiger partial charge in [-0.25, -0.2) is 9.97 Å². The molecule has 0 radical (unpaired) electrons. The molecular weight excluding hydrogens is 293 g/mol. The molecule has 1 aromatic carbocycles. The molecule has 5 heteroatoms. The Morgan fingerprint density at radius 1 is 1.20 bits per heavy atom. The van der Waals surface area contributed by atoms with Gasteiger partial charge in [0.05, 0.1) is 0 Å². The zero-order chi connectivity index (χ0) is 14.7. The Bertz CT molecular complexity index is 612. The third-order valence-electron chi connectivity index (χ3n) is 2.85. The molecule has 2 N–H and O–H groups in total. The van der Waals surface area contributed by atoms with Gasteiger partial charge >= 0.3 is 0 Å². The summed E-state index contributed by atoms with van der Waals surface area (Å²) in [4.78, 5) is 9.01. The van der Waals surface area contributed by atoms with Gasteiger partial charge in [-0.15, -0.1) is 0 Å². The molecular formula is C15H17Cl2N3. The minimum atomic E-state index is 0.0799. The summed E-state index contributed by atoms with van der Waals surface area (Å²) in [6, 6.07) is 7.51. The predicted molar refractivity (Wildman–Crippen MR) is 83.4 cm³/mol. The van der Waals surface area contributed by atoms with Gasteiger partial charge in [-0.1, -0.05) is 29.3 Å². The molecule has 1 heterocycles. The number of nitrogens with two attached hydrogens (primary N) is 1. The summed E-state index contributed by atoms with van der Waals surface area (Å²) in [5, 5.41) is 1.26. The lowest BCUT2D eigenvalue weighted by molar-refractivity contribution is 0.711. The number of halogens is 2. The minimum absolute atomic E-state index is 0.0799. The summed E-state index contributed by atoms with van der Waals surface area (Å²) < 4.78 is 0. The number of rotatable bonds is 4. The third kappa shape index (κ3) is 4.17. The van der Waals surface area contributed by atoms with Crippen LogP contribution in [0.15, 0.2) is 24.3 Å². The van der Waals surface area contributed by atoms with E-state index in [2.05, 4.69) is 9.97 Å². The first kappa shape index (κ1) is 15.2. The molecule has 0 aliphatic heterocycles. The van der Waals surface area contributed by atoms with Crippen LogP contribution >= 0.6 is 23.2 Å². The van der Waals surface area contributed by atoms with Crippen molar-refractivity contribution >= 4 is 23.2 Å². The Labute approximate surface area is 129 Å². The molecule has 0 aliphatic rings. The van der Waals surface area contributed by atoms with Crippen molar-refractivity contribution in [2.75, 3.05) is 0 Å². The SMILES string of the molecule is Cc1cc(CC(C)N)nc(Cc2ccc(Cl)cc2Cl)n1. The Hall–Kier alpha value is -1.16. The van der Waals surface area contributed by atoms with Crippen LogP contribution in [0.3, 0.4) is 0 Å². The second-order valence-electron chi connectivity index (χ2n) is 5.01. The van der Waals surface area contributed by atoms with Crippen LogP contribution in [0.1, 0.15) is 29.7 Å². The molecule has 0 saturated heterocycles. The van der Waals surface area contributed by atoms with Gasteiger partial charge in [-0.2, -0.15) is 0 Å². The van der Waals surface area contributed by atoms with E-state index in [9.17, 15) is 0 Å². The molecule has 0 amide bonds. The zero-order valence-electron chi connectivity index (χ0n) is 11.5. The van der Waals surface area contributed by atoms with Gasteiger partial charge in [0.1, 0.15) is 5.82 Å². The largest absolute Gasteiger partial charge is 0.328 e. The molecule has 2 rings (SSSR count). The first-order chi connectivity index (χ1) is 9.44. The fourth-order valence-corrected chi connectivity index (χ4v) is 2.52. The number of benzene rings is 1. The lowest BCUT2D eigenvalue weighted by Gasteiger charge is -2.09. The maximum absolute atomic E-state index is 6.18. The highest BCUT2D eigenvalue weighted by Gasteiger charge is 2.08. The van der Waals surface area contributed by atoms with Crippen molar-refractivity contribution in [3.8, 4) is 0 Å². The fraction of sp³-hybridized carbons (Fsp3) is 0.333. The highest BCUT2D eigenvalue weighted by atomic mass is 35.5. The molecule has 20 heavy (non-hydrogen) atoms. The molecule has 0 fully saturated rings. The van der Waals surface area contributed by atoms with E-state index in [1.54, 1.807) is 6.07 Å². The van der Waals surface area contributed by atoms with E-state index in [4.69, 9.17) is 28.9 Å². The Morgan fingerprint density at radius 2 is 1.95 bits per heavy atom. The van der Waals surface area contributed by atoms with Crippen LogP contribution in [0.4, 0.5) is 0 Å². The normalized spacial score (nSPS) is 12.4. The highest BCUT2D eigenvalue weighted by molar-refractivity contribution is 6.35. The molecule has 106 valence electrons. The van der Waals surface area contributed by atoms with Crippen LogP contribution in [-0.4, -0.2) is 16.0 Å². The standard InChI is InChI=1S/C15H17Cl2N3/c1-9(18)5-13-6-10(2)19-15(20-13)7-11-3-4-12(16)8-14(11)17/h3-4,6,8-9H,5,7,18H2,1-2H3. The molecule has 1 aromatic heterocycles. The zero-order valence-corrected chi connectivity index (χ0v) is 13.0. The molecule has 3 nitrogen and oxygen atoms in total. The van der Waals surface area contributed by atoms with Gasteiger partial charge < -0.3 is 5.73 Å². The monoisotopic (exact) mass is 309 g/mol. The van der Waals surface area contributed by atoms with Crippen molar-refractivity contribution in [2.24, 2.45) is 5.73 Å². The summed E-state index contributed by atoms with van der Waals surface area (Å²) in [6.07, 6.45) is 1.33. The summed E-state index contributed by atoms with van der Waals surface area (Å²) in [6.45, 7) is 3.92. The number of hydrogen-bond donors (Lipinski definition) is 1. The van der Waals surface area contributed by atoms with E-state index in [-0.39, 0.29) is 6.04 Å². The average Bonchev–Trinajstić information content (AvgIpc) is 2.31. The first-order valence-corrected chi connectivity index (χ1v) is 7.22. The summed E-state index contributed by atoms with van der Waals surface area (Å²) >= 11 is 12.1. The minimum Gasteiger partial charge on any atom is -0.328 e. The smallest absolute Gasteiger partial charge is 0.133 e. The van der Waals surface area contributed by atoms with Crippen LogP contribution in [0.2, 0.25) is 10.0 Å². The Morgan fingerprint density at radius 3 is 2.60 bits per heavy atom. The summed E-state index contributed by atoms with van der Waals surface area (Å²) in [5.41, 5.74) is 8.69. The number of hydrogen-bond acceptors (Lipinski definition) is 3. The lowest BCUT2D eigenvalue weighted by Crippen LogP contribution is -2.19. The van der Waals surface area contributed by atoms with Gasteiger partial charge in [0.2, 0.25) is 0 Å². The van der Waals surface area contributed by atoms with Crippen LogP contribution in [0, 0.1) is 6.92 Å². The van der Waals surface area contributed by atoms with Crippen LogP contribution in [0.25, 0.3) is 0 Å².